The number of piperidine rings is 1. The number of carbonyl (C=O) groups excluding carboxylic acids is 1. The van der Waals surface area contributed by atoms with Gasteiger partial charge in [-0.15, -0.1) is 0 Å². The first-order valence-electron chi connectivity index (χ1n) is 9.79. The minimum absolute atomic E-state index is 0.0294. The molecule has 2 aliphatic heterocycles. The van der Waals surface area contributed by atoms with E-state index in [1.54, 1.807) is 13.0 Å². The second-order valence-electron chi connectivity index (χ2n) is 7.88. The van der Waals surface area contributed by atoms with E-state index in [9.17, 15) is 9.59 Å². The summed E-state index contributed by atoms with van der Waals surface area (Å²) < 4.78 is 1.90. The molecule has 0 radical (unpaired) electrons. The van der Waals surface area contributed by atoms with Crippen molar-refractivity contribution in [1.82, 2.24) is 19.4 Å². The van der Waals surface area contributed by atoms with Crippen molar-refractivity contribution in [3.05, 3.63) is 45.8 Å². The summed E-state index contributed by atoms with van der Waals surface area (Å²) in [6, 6.07) is 5.80. The van der Waals surface area contributed by atoms with Crippen LogP contribution < -0.4 is 5.56 Å². The molecular formula is C21H26N4O2. The number of aryl methyl sites for hydroxylation is 2. The van der Waals surface area contributed by atoms with Gasteiger partial charge >= 0.3 is 0 Å². The molecule has 27 heavy (non-hydrogen) atoms. The Kier molecular flexibility index (Phi) is 4.58. The zero-order valence-electron chi connectivity index (χ0n) is 16.2. The Bertz CT molecular complexity index is 950. The molecule has 142 valence electrons. The van der Waals surface area contributed by atoms with Crippen molar-refractivity contribution in [2.75, 3.05) is 13.1 Å². The van der Waals surface area contributed by atoms with Gasteiger partial charge in [-0.3, -0.25) is 9.59 Å². The predicted molar refractivity (Wildman–Crippen MR) is 104 cm³/mol. The van der Waals surface area contributed by atoms with Gasteiger partial charge in [0.1, 0.15) is 5.82 Å². The van der Waals surface area contributed by atoms with Gasteiger partial charge in [-0.2, -0.15) is 0 Å². The summed E-state index contributed by atoms with van der Waals surface area (Å²) in [5, 5.41) is 0. The molecule has 6 heteroatoms. The van der Waals surface area contributed by atoms with E-state index in [2.05, 4.69) is 23.0 Å². The average Bonchev–Trinajstić information content (AvgIpc) is 2.62. The summed E-state index contributed by atoms with van der Waals surface area (Å²) in [6.45, 7) is 7.79. The van der Waals surface area contributed by atoms with Gasteiger partial charge in [-0.1, -0.05) is 13.3 Å². The standard InChI is InChI=1S/C21H26N4O2/c1-4-5-18-9-19(23-13(2)22-18)16-7-20-17-6-15(10-24(12-17)14(3)26)11-25(20)21(27)8-16/h7-9,15,17H,4-6,10-12H2,1-3H3/t15-,17+/m0/s1. The third-order valence-corrected chi connectivity index (χ3v) is 5.69. The lowest BCUT2D eigenvalue weighted by Crippen LogP contribution is -2.48. The number of hydrogen-bond donors (Lipinski definition) is 0. The number of rotatable bonds is 3. The topological polar surface area (TPSA) is 68.1 Å². The van der Waals surface area contributed by atoms with Crippen LogP contribution >= 0.6 is 0 Å². The lowest BCUT2D eigenvalue weighted by Gasteiger charge is -2.42. The normalized spacial score (nSPS) is 21.1. The van der Waals surface area contributed by atoms with Crippen LogP contribution in [0.1, 0.15) is 49.8 Å². The number of amides is 1. The van der Waals surface area contributed by atoms with Crippen molar-refractivity contribution in [3.63, 3.8) is 0 Å². The van der Waals surface area contributed by atoms with Crippen molar-refractivity contribution < 1.29 is 4.79 Å². The number of aromatic nitrogens is 3. The molecule has 4 heterocycles. The summed E-state index contributed by atoms with van der Waals surface area (Å²) in [4.78, 5) is 35.7. The molecule has 2 aromatic rings. The highest BCUT2D eigenvalue weighted by molar-refractivity contribution is 5.73. The summed E-state index contributed by atoms with van der Waals surface area (Å²) >= 11 is 0. The maximum absolute atomic E-state index is 12.8. The van der Waals surface area contributed by atoms with E-state index in [1.807, 2.05) is 22.5 Å². The minimum atomic E-state index is 0.0294. The molecular weight excluding hydrogens is 340 g/mol. The van der Waals surface area contributed by atoms with Crippen molar-refractivity contribution in [3.8, 4) is 11.3 Å². The van der Waals surface area contributed by atoms with Crippen LogP contribution in [0.4, 0.5) is 0 Å². The number of likely N-dealkylation sites (tertiary alicyclic amines) is 1. The highest BCUT2D eigenvalue weighted by Crippen LogP contribution is 2.36. The number of nitrogens with zero attached hydrogens (tertiary/aromatic N) is 4. The third-order valence-electron chi connectivity index (χ3n) is 5.69. The molecule has 0 aromatic carbocycles. The van der Waals surface area contributed by atoms with Crippen molar-refractivity contribution in [1.29, 1.82) is 0 Å². The van der Waals surface area contributed by atoms with Crippen LogP contribution in [0.5, 0.6) is 0 Å². The van der Waals surface area contributed by atoms with Crippen LogP contribution in [0.2, 0.25) is 0 Å². The molecule has 0 spiro atoms. The Morgan fingerprint density at radius 3 is 2.74 bits per heavy atom. The Labute approximate surface area is 159 Å². The minimum Gasteiger partial charge on any atom is -0.342 e. The van der Waals surface area contributed by atoms with E-state index in [1.165, 1.54) is 0 Å². The van der Waals surface area contributed by atoms with Crippen molar-refractivity contribution in [2.24, 2.45) is 5.92 Å². The van der Waals surface area contributed by atoms with Gasteiger partial charge in [0.25, 0.3) is 5.56 Å². The zero-order valence-corrected chi connectivity index (χ0v) is 16.2. The zero-order chi connectivity index (χ0) is 19.1. The Balaban J connectivity index is 1.77. The largest absolute Gasteiger partial charge is 0.342 e. The van der Waals surface area contributed by atoms with E-state index in [0.29, 0.717) is 19.0 Å². The van der Waals surface area contributed by atoms with Crippen molar-refractivity contribution >= 4 is 5.91 Å². The molecule has 2 aromatic heterocycles. The maximum Gasteiger partial charge on any atom is 0.251 e. The average molecular weight is 366 g/mol. The number of hydrogen-bond acceptors (Lipinski definition) is 4. The summed E-state index contributed by atoms with van der Waals surface area (Å²) in [6.07, 6.45) is 2.96. The molecule has 1 saturated heterocycles. The lowest BCUT2D eigenvalue weighted by molar-refractivity contribution is -0.131. The van der Waals surface area contributed by atoms with Crippen LogP contribution in [0.15, 0.2) is 23.0 Å². The molecule has 1 amide bonds. The van der Waals surface area contributed by atoms with Gasteiger partial charge in [-0.25, -0.2) is 9.97 Å². The molecule has 0 saturated carbocycles. The molecule has 0 N–H and O–H groups in total. The SMILES string of the molecule is CCCc1cc(-c2cc3n(c(=O)c2)C[C@H]2C[C@@H]3CN(C(C)=O)C2)nc(C)n1. The number of carbonyl (C=O) groups is 1. The van der Waals surface area contributed by atoms with Crippen LogP contribution in [-0.4, -0.2) is 38.4 Å². The first-order chi connectivity index (χ1) is 12.9. The smallest absolute Gasteiger partial charge is 0.251 e. The quantitative estimate of drug-likeness (QED) is 0.837. The Morgan fingerprint density at radius 2 is 2.00 bits per heavy atom. The first-order valence-corrected chi connectivity index (χ1v) is 9.79. The van der Waals surface area contributed by atoms with Crippen LogP contribution in [0.3, 0.4) is 0 Å². The molecule has 4 rings (SSSR count). The molecule has 0 unspecified atom stereocenters. The van der Waals surface area contributed by atoms with E-state index in [-0.39, 0.29) is 17.4 Å². The summed E-state index contributed by atoms with van der Waals surface area (Å²) in [5.74, 6) is 1.43. The fourth-order valence-electron chi connectivity index (χ4n) is 4.53. The lowest BCUT2D eigenvalue weighted by atomic mass is 9.82. The maximum atomic E-state index is 12.8. The van der Waals surface area contributed by atoms with E-state index >= 15 is 0 Å². The first kappa shape index (κ1) is 17.9. The van der Waals surface area contributed by atoms with E-state index in [4.69, 9.17) is 0 Å². The van der Waals surface area contributed by atoms with Crippen LogP contribution in [0.25, 0.3) is 11.3 Å². The fourth-order valence-corrected chi connectivity index (χ4v) is 4.53. The summed E-state index contributed by atoms with van der Waals surface area (Å²) in [7, 11) is 0. The van der Waals surface area contributed by atoms with Gasteiger partial charge < -0.3 is 9.47 Å². The van der Waals surface area contributed by atoms with Gasteiger partial charge in [0.15, 0.2) is 0 Å². The van der Waals surface area contributed by atoms with Gasteiger partial charge in [0.05, 0.1) is 5.69 Å². The molecule has 1 fully saturated rings. The monoisotopic (exact) mass is 366 g/mol. The molecule has 2 bridgehead atoms. The van der Waals surface area contributed by atoms with Gasteiger partial charge in [-0.05, 0) is 37.8 Å². The van der Waals surface area contributed by atoms with Gasteiger partial charge in [0.2, 0.25) is 5.91 Å². The Morgan fingerprint density at radius 1 is 1.19 bits per heavy atom. The molecule has 6 nitrogen and oxygen atoms in total. The molecule has 0 aliphatic carbocycles. The second-order valence-corrected chi connectivity index (χ2v) is 7.88. The molecule has 2 atom stereocenters. The van der Waals surface area contributed by atoms with Crippen molar-refractivity contribution in [2.45, 2.75) is 52.5 Å². The highest BCUT2D eigenvalue weighted by atomic mass is 16.2. The fraction of sp³-hybridized carbons (Fsp3) is 0.524. The summed E-state index contributed by atoms with van der Waals surface area (Å²) in [5.41, 5.74) is 3.74. The van der Waals surface area contributed by atoms with Crippen LogP contribution in [-0.2, 0) is 17.8 Å². The van der Waals surface area contributed by atoms with E-state index in [0.717, 1.165) is 54.3 Å². The molecule has 2 aliphatic rings. The van der Waals surface area contributed by atoms with E-state index < -0.39 is 0 Å². The Hall–Kier alpha value is -2.50. The number of pyridine rings is 1. The van der Waals surface area contributed by atoms with Gasteiger partial charge in [0, 0.05) is 55.5 Å². The van der Waals surface area contributed by atoms with Crippen LogP contribution in [0, 0.1) is 12.8 Å². The third kappa shape index (κ3) is 3.40. The predicted octanol–water partition coefficient (Wildman–Crippen LogP) is 2.53. The number of fused-ring (bicyclic) bond motifs is 4. The second kappa shape index (κ2) is 6.91. The highest BCUT2D eigenvalue weighted by Gasteiger charge is 2.35.